The summed E-state index contributed by atoms with van der Waals surface area (Å²) in [5.41, 5.74) is 7.24. The Morgan fingerprint density at radius 2 is 2.06 bits per heavy atom. The Kier molecular flexibility index (Phi) is 2.33. The second kappa shape index (κ2) is 3.99. The summed E-state index contributed by atoms with van der Waals surface area (Å²) in [6.45, 7) is 0. The fourth-order valence-electron chi connectivity index (χ4n) is 1.78. The molecule has 0 fully saturated rings. The quantitative estimate of drug-likeness (QED) is 0.863. The van der Waals surface area contributed by atoms with Crippen LogP contribution < -0.4 is 5.73 Å². The number of rotatable bonds is 2. The first kappa shape index (κ1) is 10.5. The van der Waals surface area contributed by atoms with Crippen LogP contribution in [-0.4, -0.2) is 21.7 Å². The summed E-state index contributed by atoms with van der Waals surface area (Å²) in [6.07, 6.45) is 2.08. The zero-order valence-corrected chi connectivity index (χ0v) is 9.35. The number of carbonyl (C=O) groups excluding carboxylic acids is 1. The lowest BCUT2D eigenvalue weighted by molar-refractivity contribution is 0.149. The maximum Gasteiger partial charge on any atom is 0.436 e. The first-order valence-corrected chi connectivity index (χ1v) is 5.39. The Labute approximate surface area is 103 Å². The standard InChI is InChI=1S/C12H10N4O2/c13-11-10(18-12(17)15-11)8-6-14-16(7-8)9-4-2-1-3-5-9/h1-7,10H,(H2,13,15,17). The van der Waals surface area contributed by atoms with Crippen molar-refractivity contribution in [2.24, 2.45) is 10.7 Å². The lowest BCUT2D eigenvalue weighted by atomic mass is 10.2. The maximum absolute atomic E-state index is 11.0. The number of hydrogen-bond donors (Lipinski definition) is 1. The van der Waals surface area contributed by atoms with Crippen LogP contribution in [0.1, 0.15) is 11.7 Å². The van der Waals surface area contributed by atoms with E-state index in [2.05, 4.69) is 10.1 Å². The van der Waals surface area contributed by atoms with E-state index in [1.165, 1.54) is 0 Å². The Morgan fingerprint density at radius 3 is 2.72 bits per heavy atom. The van der Waals surface area contributed by atoms with Gasteiger partial charge in [0.1, 0.15) is 0 Å². The van der Waals surface area contributed by atoms with Gasteiger partial charge in [-0.05, 0) is 12.1 Å². The summed E-state index contributed by atoms with van der Waals surface area (Å²) in [4.78, 5) is 14.5. The number of ether oxygens (including phenoxy) is 1. The van der Waals surface area contributed by atoms with Crippen molar-refractivity contribution in [3.63, 3.8) is 0 Å². The molecule has 1 atom stereocenters. The normalized spacial score (nSPS) is 18.6. The van der Waals surface area contributed by atoms with Crippen LogP contribution in [0.3, 0.4) is 0 Å². The molecule has 90 valence electrons. The smallest absolute Gasteiger partial charge is 0.431 e. The number of aromatic nitrogens is 2. The molecule has 18 heavy (non-hydrogen) atoms. The molecule has 6 heteroatoms. The molecule has 2 heterocycles. The average molecular weight is 242 g/mol. The monoisotopic (exact) mass is 242 g/mol. The molecule has 1 aliphatic heterocycles. The highest BCUT2D eigenvalue weighted by atomic mass is 16.6. The van der Waals surface area contributed by atoms with Crippen LogP contribution in [0.5, 0.6) is 0 Å². The largest absolute Gasteiger partial charge is 0.436 e. The van der Waals surface area contributed by atoms with Crippen LogP contribution in [0.4, 0.5) is 4.79 Å². The van der Waals surface area contributed by atoms with Gasteiger partial charge in [-0.15, -0.1) is 0 Å². The summed E-state index contributed by atoms with van der Waals surface area (Å²) >= 11 is 0. The molecule has 6 nitrogen and oxygen atoms in total. The minimum absolute atomic E-state index is 0.160. The second-order valence-electron chi connectivity index (χ2n) is 3.85. The number of amidine groups is 1. The minimum Gasteiger partial charge on any atom is -0.431 e. The van der Waals surface area contributed by atoms with E-state index in [-0.39, 0.29) is 5.84 Å². The second-order valence-corrected chi connectivity index (χ2v) is 3.85. The van der Waals surface area contributed by atoms with E-state index in [0.29, 0.717) is 5.56 Å². The Balaban J connectivity index is 1.91. The number of benzene rings is 1. The van der Waals surface area contributed by atoms with Crippen LogP contribution in [-0.2, 0) is 4.74 Å². The summed E-state index contributed by atoms with van der Waals surface area (Å²) in [5, 5.41) is 4.21. The number of para-hydroxylation sites is 1. The summed E-state index contributed by atoms with van der Waals surface area (Å²) in [6, 6.07) is 9.62. The molecular formula is C12H10N4O2. The van der Waals surface area contributed by atoms with Gasteiger partial charge in [-0.3, -0.25) is 0 Å². The molecular weight excluding hydrogens is 232 g/mol. The Bertz CT molecular complexity index is 618. The highest BCUT2D eigenvalue weighted by Crippen LogP contribution is 2.23. The van der Waals surface area contributed by atoms with Crippen molar-refractivity contribution < 1.29 is 9.53 Å². The molecule has 1 amide bonds. The van der Waals surface area contributed by atoms with Gasteiger partial charge in [0, 0.05) is 11.8 Å². The van der Waals surface area contributed by atoms with Gasteiger partial charge in [0.25, 0.3) is 0 Å². The van der Waals surface area contributed by atoms with Gasteiger partial charge in [0.05, 0.1) is 11.9 Å². The molecule has 0 saturated carbocycles. The van der Waals surface area contributed by atoms with Crippen LogP contribution in [0.2, 0.25) is 0 Å². The Morgan fingerprint density at radius 1 is 1.28 bits per heavy atom. The van der Waals surface area contributed by atoms with Crippen molar-refractivity contribution in [2.75, 3.05) is 0 Å². The lowest BCUT2D eigenvalue weighted by Crippen LogP contribution is -2.18. The van der Waals surface area contributed by atoms with Crippen LogP contribution in [0.25, 0.3) is 5.69 Å². The van der Waals surface area contributed by atoms with Gasteiger partial charge < -0.3 is 10.5 Å². The van der Waals surface area contributed by atoms with Crippen molar-refractivity contribution in [1.29, 1.82) is 0 Å². The summed E-state index contributed by atoms with van der Waals surface area (Å²) in [7, 11) is 0. The third-order valence-corrected chi connectivity index (χ3v) is 2.63. The molecule has 0 aliphatic carbocycles. The number of aliphatic imine (C=N–C) groups is 1. The Hall–Kier alpha value is -2.63. The number of amides is 1. The van der Waals surface area contributed by atoms with E-state index in [0.717, 1.165) is 5.69 Å². The molecule has 1 unspecified atom stereocenters. The van der Waals surface area contributed by atoms with Gasteiger partial charge in [0.2, 0.25) is 0 Å². The zero-order chi connectivity index (χ0) is 12.5. The topological polar surface area (TPSA) is 82.5 Å². The molecule has 0 saturated heterocycles. The van der Waals surface area contributed by atoms with E-state index in [1.54, 1.807) is 17.1 Å². The van der Waals surface area contributed by atoms with Crippen LogP contribution in [0, 0.1) is 0 Å². The van der Waals surface area contributed by atoms with Gasteiger partial charge in [0.15, 0.2) is 11.9 Å². The van der Waals surface area contributed by atoms with E-state index in [1.807, 2.05) is 30.3 Å². The molecule has 2 N–H and O–H groups in total. The average Bonchev–Trinajstić information content (AvgIpc) is 2.97. The number of nitrogens with two attached hydrogens (primary N) is 1. The third kappa shape index (κ3) is 1.73. The number of carbonyl (C=O) groups is 1. The van der Waals surface area contributed by atoms with E-state index >= 15 is 0 Å². The van der Waals surface area contributed by atoms with Crippen LogP contribution >= 0.6 is 0 Å². The van der Waals surface area contributed by atoms with Crippen molar-refractivity contribution in [1.82, 2.24) is 9.78 Å². The molecule has 1 aromatic carbocycles. The fourth-order valence-corrected chi connectivity index (χ4v) is 1.78. The van der Waals surface area contributed by atoms with Gasteiger partial charge >= 0.3 is 6.09 Å². The number of cyclic esters (lactones) is 1. The zero-order valence-electron chi connectivity index (χ0n) is 9.35. The maximum atomic E-state index is 11.0. The summed E-state index contributed by atoms with van der Waals surface area (Å²) in [5.74, 6) is 0.160. The molecule has 2 aromatic rings. The summed E-state index contributed by atoms with van der Waals surface area (Å²) < 4.78 is 6.68. The van der Waals surface area contributed by atoms with E-state index in [9.17, 15) is 4.79 Å². The van der Waals surface area contributed by atoms with Crippen molar-refractivity contribution in [3.05, 3.63) is 48.3 Å². The van der Waals surface area contributed by atoms with Crippen molar-refractivity contribution in [3.8, 4) is 5.69 Å². The SMILES string of the molecule is NC1=NC(=O)OC1c1cnn(-c2ccccc2)c1. The molecule has 0 spiro atoms. The van der Waals surface area contributed by atoms with Crippen LogP contribution in [0.15, 0.2) is 47.7 Å². The number of nitrogens with zero attached hydrogens (tertiary/aromatic N) is 3. The number of hydrogen-bond acceptors (Lipinski definition) is 4. The van der Waals surface area contributed by atoms with Gasteiger partial charge in [-0.1, -0.05) is 18.2 Å². The van der Waals surface area contributed by atoms with Gasteiger partial charge in [-0.2, -0.15) is 10.1 Å². The van der Waals surface area contributed by atoms with Gasteiger partial charge in [-0.25, -0.2) is 9.48 Å². The fraction of sp³-hybridized carbons (Fsp3) is 0.0833. The van der Waals surface area contributed by atoms with E-state index in [4.69, 9.17) is 10.5 Å². The van der Waals surface area contributed by atoms with Crippen molar-refractivity contribution in [2.45, 2.75) is 6.10 Å². The molecule has 1 aromatic heterocycles. The highest BCUT2D eigenvalue weighted by molar-refractivity contribution is 5.99. The molecule has 3 rings (SSSR count). The van der Waals surface area contributed by atoms with Crippen molar-refractivity contribution >= 4 is 11.9 Å². The predicted molar refractivity (Wildman–Crippen MR) is 64.4 cm³/mol. The lowest BCUT2D eigenvalue weighted by Gasteiger charge is -2.05. The third-order valence-electron chi connectivity index (χ3n) is 2.63. The minimum atomic E-state index is -0.662. The predicted octanol–water partition coefficient (Wildman–Crippen LogP) is 1.42. The first-order chi connectivity index (χ1) is 8.74. The molecule has 1 aliphatic rings. The van der Waals surface area contributed by atoms with E-state index < -0.39 is 12.2 Å². The molecule has 0 bridgehead atoms. The first-order valence-electron chi connectivity index (χ1n) is 5.39. The molecule has 0 radical (unpaired) electrons. The highest BCUT2D eigenvalue weighted by Gasteiger charge is 2.28.